The fourth-order valence-electron chi connectivity index (χ4n) is 10.4. The summed E-state index contributed by atoms with van der Waals surface area (Å²) >= 11 is 0. The van der Waals surface area contributed by atoms with E-state index in [2.05, 4.69) is 266 Å². The molecular formula is C63H43N. The van der Waals surface area contributed by atoms with Crippen molar-refractivity contribution in [3.63, 3.8) is 0 Å². The molecule has 64 heavy (non-hydrogen) atoms. The molecule has 0 saturated carbocycles. The van der Waals surface area contributed by atoms with Crippen molar-refractivity contribution in [3.8, 4) is 44.5 Å². The minimum absolute atomic E-state index is 0.492. The van der Waals surface area contributed by atoms with E-state index in [1.165, 1.54) is 88.3 Å². The predicted octanol–water partition coefficient (Wildman–Crippen LogP) is 16.8. The first-order valence-corrected chi connectivity index (χ1v) is 22.2. The van der Waals surface area contributed by atoms with Crippen molar-refractivity contribution in [2.75, 3.05) is 4.90 Å². The van der Waals surface area contributed by atoms with Gasteiger partial charge in [0.25, 0.3) is 0 Å². The maximum Gasteiger partial charge on any atom is 0.0713 e. The van der Waals surface area contributed by atoms with Gasteiger partial charge in [0, 0.05) is 17.1 Å². The molecule has 1 heteroatoms. The molecule has 0 fully saturated rings. The van der Waals surface area contributed by atoms with E-state index in [4.69, 9.17) is 0 Å². The van der Waals surface area contributed by atoms with Crippen molar-refractivity contribution in [3.05, 3.63) is 283 Å². The zero-order valence-corrected chi connectivity index (χ0v) is 35.3. The molecule has 1 aliphatic rings. The van der Waals surface area contributed by atoms with Crippen LogP contribution in [0.2, 0.25) is 0 Å². The number of hydrogen-bond donors (Lipinski definition) is 0. The molecule has 0 aliphatic heterocycles. The molecule has 1 nitrogen and oxygen atoms in total. The van der Waals surface area contributed by atoms with E-state index in [0.29, 0.717) is 0 Å². The van der Waals surface area contributed by atoms with Crippen molar-refractivity contribution in [1.82, 2.24) is 0 Å². The largest absolute Gasteiger partial charge is 0.311 e. The Morgan fingerprint density at radius 2 is 0.672 bits per heavy atom. The Bertz CT molecular complexity index is 3430. The summed E-state index contributed by atoms with van der Waals surface area (Å²) in [4.78, 5) is 2.36. The van der Waals surface area contributed by atoms with Crippen LogP contribution < -0.4 is 4.90 Å². The minimum atomic E-state index is -0.492. The molecule has 0 amide bonds. The van der Waals surface area contributed by atoms with Crippen molar-refractivity contribution >= 4 is 38.6 Å². The highest BCUT2D eigenvalue weighted by atomic mass is 15.1. The van der Waals surface area contributed by atoms with E-state index in [1.54, 1.807) is 0 Å². The molecule has 0 spiro atoms. The van der Waals surface area contributed by atoms with Gasteiger partial charge in [0.05, 0.1) is 5.41 Å². The van der Waals surface area contributed by atoms with E-state index in [0.717, 1.165) is 17.1 Å². The summed E-state index contributed by atoms with van der Waals surface area (Å²) in [6.07, 6.45) is 0. The predicted molar refractivity (Wildman–Crippen MR) is 270 cm³/mol. The summed E-state index contributed by atoms with van der Waals surface area (Å²) in [5.74, 6) is 0. The molecule has 300 valence electrons. The Morgan fingerprint density at radius 1 is 0.250 bits per heavy atom. The molecule has 1 unspecified atom stereocenters. The van der Waals surface area contributed by atoms with E-state index in [1.807, 2.05) is 0 Å². The van der Waals surface area contributed by atoms with Crippen LogP contribution in [-0.2, 0) is 5.41 Å². The molecule has 1 atom stereocenters. The maximum absolute atomic E-state index is 2.36. The van der Waals surface area contributed by atoms with Crippen LogP contribution in [0, 0.1) is 0 Å². The van der Waals surface area contributed by atoms with E-state index in [-0.39, 0.29) is 0 Å². The average molecular weight is 814 g/mol. The lowest BCUT2D eigenvalue weighted by Crippen LogP contribution is -2.33. The molecular weight excluding hydrogens is 771 g/mol. The number of anilines is 3. The third-order valence-electron chi connectivity index (χ3n) is 13.4. The smallest absolute Gasteiger partial charge is 0.0713 e. The highest BCUT2D eigenvalue weighted by Gasteiger charge is 2.44. The number of nitrogens with zero attached hydrogens (tertiary/aromatic N) is 1. The van der Waals surface area contributed by atoms with Crippen molar-refractivity contribution < 1.29 is 0 Å². The van der Waals surface area contributed by atoms with Crippen LogP contribution in [0.15, 0.2) is 261 Å². The molecule has 0 N–H and O–H groups in total. The monoisotopic (exact) mass is 813 g/mol. The number of rotatable bonds is 8. The van der Waals surface area contributed by atoms with Crippen LogP contribution in [0.3, 0.4) is 0 Å². The second kappa shape index (κ2) is 15.6. The summed E-state index contributed by atoms with van der Waals surface area (Å²) < 4.78 is 0. The van der Waals surface area contributed by atoms with Crippen LogP contribution in [0.1, 0.15) is 22.3 Å². The van der Waals surface area contributed by atoms with Crippen molar-refractivity contribution in [2.24, 2.45) is 0 Å². The van der Waals surface area contributed by atoms with Crippen LogP contribution in [0.25, 0.3) is 66.1 Å². The summed E-state index contributed by atoms with van der Waals surface area (Å²) in [5.41, 5.74) is 17.7. The molecule has 0 aromatic heterocycles. The van der Waals surface area contributed by atoms with Gasteiger partial charge in [-0.1, -0.05) is 224 Å². The Balaban J connectivity index is 0.933. The van der Waals surface area contributed by atoms with Crippen LogP contribution >= 0.6 is 0 Å². The molecule has 11 aromatic carbocycles. The van der Waals surface area contributed by atoms with Crippen LogP contribution in [0.5, 0.6) is 0 Å². The van der Waals surface area contributed by atoms with Crippen LogP contribution in [0.4, 0.5) is 17.1 Å². The zero-order chi connectivity index (χ0) is 42.5. The lowest BCUT2D eigenvalue weighted by atomic mass is 9.59. The average Bonchev–Trinajstić information content (AvgIpc) is 3.38. The normalized spacial score (nSPS) is 14.0. The fourth-order valence-corrected chi connectivity index (χ4v) is 10.4. The molecule has 0 saturated heterocycles. The Kier molecular flexibility index (Phi) is 9.13. The zero-order valence-electron chi connectivity index (χ0n) is 35.3. The van der Waals surface area contributed by atoms with Crippen LogP contribution in [-0.4, -0.2) is 0 Å². The quantitative estimate of drug-likeness (QED) is 0.148. The Hall–Kier alpha value is -8.26. The summed E-state index contributed by atoms with van der Waals surface area (Å²) in [6.45, 7) is 0. The van der Waals surface area contributed by atoms with Gasteiger partial charge in [-0.2, -0.15) is 0 Å². The standard InChI is InChI=1S/C63H43N/c1-3-14-44(15-4-1)46-30-38-53(39-31-46)64(55-42-34-49(35-43-55)57-24-11-17-48-16-7-8-22-56(48)57)54-40-32-47(33-41-54)45-28-36-52(37-29-45)63(51-20-5-2-6-21-51)60-26-10-9-23-58(60)59-25-12-18-50-19-13-27-61(63)62(50)59/h1-43H. The molecule has 12 rings (SSSR count). The third kappa shape index (κ3) is 6.16. The van der Waals surface area contributed by atoms with Crippen molar-refractivity contribution in [1.29, 1.82) is 0 Å². The van der Waals surface area contributed by atoms with Crippen molar-refractivity contribution in [2.45, 2.75) is 5.41 Å². The second-order valence-electron chi connectivity index (χ2n) is 16.8. The molecule has 11 aromatic rings. The topological polar surface area (TPSA) is 3.24 Å². The maximum atomic E-state index is 2.36. The van der Waals surface area contributed by atoms with Gasteiger partial charge in [-0.15, -0.1) is 0 Å². The second-order valence-corrected chi connectivity index (χ2v) is 16.8. The van der Waals surface area contributed by atoms with Gasteiger partial charge < -0.3 is 4.90 Å². The molecule has 0 radical (unpaired) electrons. The van der Waals surface area contributed by atoms with Gasteiger partial charge in [-0.25, -0.2) is 0 Å². The van der Waals surface area contributed by atoms with Gasteiger partial charge in [0.15, 0.2) is 0 Å². The molecule has 1 aliphatic carbocycles. The lowest BCUT2D eigenvalue weighted by molar-refractivity contribution is 0.750. The summed E-state index contributed by atoms with van der Waals surface area (Å²) in [5, 5.41) is 5.10. The van der Waals surface area contributed by atoms with Gasteiger partial charge in [-0.05, 0) is 125 Å². The third-order valence-corrected chi connectivity index (χ3v) is 13.4. The summed E-state index contributed by atoms with van der Waals surface area (Å²) in [6, 6.07) is 95.7. The first-order chi connectivity index (χ1) is 31.7. The fraction of sp³-hybridized carbons (Fsp3) is 0.0159. The van der Waals surface area contributed by atoms with E-state index in [9.17, 15) is 0 Å². The Morgan fingerprint density at radius 3 is 1.33 bits per heavy atom. The number of benzene rings is 11. The van der Waals surface area contributed by atoms with Gasteiger partial charge in [0.1, 0.15) is 0 Å². The highest BCUT2D eigenvalue weighted by molar-refractivity contribution is 6.05. The van der Waals surface area contributed by atoms with E-state index >= 15 is 0 Å². The number of fused-ring (bicyclic) bond motifs is 3. The Labute approximate surface area is 374 Å². The first-order valence-electron chi connectivity index (χ1n) is 22.2. The number of hydrogen-bond acceptors (Lipinski definition) is 1. The SMILES string of the molecule is c1ccc(-c2ccc(N(c3ccc(-c4ccc(C5(c6ccccc6)c6ccccc6-c6cccc7cccc5c67)cc4)cc3)c3ccc(-c4cccc5ccccc45)cc3)cc2)cc1. The first kappa shape index (κ1) is 37.5. The van der Waals surface area contributed by atoms with Gasteiger partial charge in [-0.3, -0.25) is 0 Å². The molecule has 0 bridgehead atoms. The lowest BCUT2D eigenvalue weighted by Gasteiger charge is -2.42. The van der Waals surface area contributed by atoms with Gasteiger partial charge >= 0.3 is 0 Å². The van der Waals surface area contributed by atoms with Gasteiger partial charge in [0.2, 0.25) is 0 Å². The minimum Gasteiger partial charge on any atom is -0.311 e. The highest BCUT2D eigenvalue weighted by Crippen LogP contribution is 2.55. The molecule has 0 heterocycles. The summed E-state index contributed by atoms with van der Waals surface area (Å²) in [7, 11) is 0. The van der Waals surface area contributed by atoms with E-state index < -0.39 is 5.41 Å².